The molecule has 4 heteroatoms. The molecule has 1 atom stereocenters. The van der Waals surface area contributed by atoms with Crippen molar-refractivity contribution in [2.24, 2.45) is 5.92 Å². The van der Waals surface area contributed by atoms with E-state index in [2.05, 4.69) is 23.9 Å². The molecule has 1 fully saturated rings. The van der Waals surface area contributed by atoms with E-state index in [1.165, 1.54) is 25.7 Å². The zero-order valence-electron chi connectivity index (χ0n) is 11.4. The number of rotatable bonds is 7. The van der Waals surface area contributed by atoms with Crippen molar-refractivity contribution in [3.8, 4) is 0 Å². The SMILES string of the molecule is CC(CN(CCN(C)C)C1CCCC1)C(=O)O. The lowest BCUT2D eigenvalue weighted by Crippen LogP contribution is -2.42. The fraction of sp³-hybridized carbons (Fsp3) is 0.923. The number of aliphatic carboxylic acids is 1. The van der Waals surface area contributed by atoms with Gasteiger partial charge in [0.1, 0.15) is 0 Å². The highest BCUT2D eigenvalue weighted by atomic mass is 16.4. The molecule has 0 aromatic carbocycles. The van der Waals surface area contributed by atoms with Crippen molar-refractivity contribution in [3.63, 3.8) is 0 Å². The molecule has 1 aliphatic carbocycles. The van der Waals surface area contributed by atoms with Crippen LogP contribution >= 0.6 is 0 Å². The summed E-state index contributed by atoms with van der Waals surface area (Å²) in [6.07, 6.45) is 5.06. The lowest BCUT2D eigenvalue weighted by Gasteiger charge is -2.31. The van der Waals surface area contributed by atoms with Crippen molar-refractivity contribution in [2.75, 3.05) is 33.7 Å². The van der Waals surface area contributed by atoms with Gasteiger partial charge in [0.2, 0.25) is 0 Å². The quantitative estimate of drug-likeness (QED) is 0.735. The number of likely N-dealkylation sites (N-methyl/N-ethyl adjacent to an activating group) is 1. The Hall–Kier alpha value is -0.610. The smallest absolute Gasteiger partial charge is 0.307 e. The summed E-state index contributed by atoms with van der Waals surface area (Å²) in [5, 5.41) is 9.01. The monoisotopic (exact) mass is 242 g/mol. The van der Waals surface area contributed by atoms with Gasteiger partial charge in [0.05, 0.1) is 5.92 Å². The molecule has 0 spiro atoms. The van der Waals surface area contributed by atoms with E-state index in [4.69, 9.17) is 5.11 Å². The van der Waals surface area contributed by atoms with Gasteiger partial charge in [-0.15, -0.1) is 0 Å². The van der Waals surface area contributed by atoms with Crippen LogP contribution in [0.4, 0.5) is 0 Å². The summed E-state index contributed by atoms with van der Waals surface area (Å²) in [5.41, 5.74) is 0. The maximum atomic E-state index is 11.0. The Morgan fingerprint density at radius 3 is 2.35 bits per heavy atom. The fourth-order valence-corrected chi connectivity index (χ4v) is 2.45. The number of carboxylic acid groups (broad SMARTS) is 1. The first kappa shape index (κ1) is 14.5. The van der Waals surface area contributed by atoms with E-state index in [-0.39, 0.29) is 5.92 Å². The molecule has 1 rings (SSSR count). The van der Waals surface area contributed by atoms with Gasteiger partial charge < -0.3 is 10.0 Å². The Bertz CT molecular complexity index is 238. The zero-order valence-corrected chi connectivity index (χ0v) is 11.4. The number of carbonyl (C=O) groups is 1. The molecule has 0 radical (unpaired) electrons. The summed E-state index contributed by atoms with van der Waals surface area (Å²) < 4.78 is 0. The highest BCUT2D eigenvalue weighted by Crippen LogP contribution is 2.24. The molecule has 0 heterocycles. The summed E-state index contributed by atoms with van der Waals surface area (Å²) in [5.74, 6) is -0.949. The maximum Gasteiger partial charge on any atom is 0.307 e. The molecule has 0 aromatic rings. The fourth-order valence-electron chi connectivity index (χ4n) is 2.45. The standard InChI is InChI=1S/C13H26N2O2/c1-11(13(16)17)10-15(9-8-14(2)3)12-6-4-5-7-12/h11-12H,4-10H2,1-3H3,(H,16,17). The molecular weight excluding hydrogens is 216 g/mol. The van der Waals surface area contributed by atoms with Gasteiger partial charge in [0.25, 0.3) is 0 Å². The molecule has 1 unspecified atom stereocenters. The number of carboxylic acids is 1. The van der Waals surface area contributed by atoms with Crippen LogP contribution in [0.3, 0.4) is 0 Å². The van der Waals surface area contributed by atoms with Gasteiger partial charge in [-0.05, 0) is 26.9 Å². The Kier molecular flexibility index (Phi) is 5.92. The Morgan fingerprint density at radius 1 is 1.29 bits per heavy atom. The van der Waals surface area contributed by atoms with Crippen LogP contribution in [0.1, 0.15) is 32.6 Å². The summed E-state index contributed by atoms with van der Waals surface area (Å²) >= 11 is 0. The lowest BCUT2D eigenvalue weighted by molar-refractivity contribution is -0.141. The highest BCUT2D eigenvalue weighted by molar-refractivity contribution is 5.69. The minimum atomic E-state index is -0.683. The second kappa shape index (κ2) is 6.97. The number of hydrogen-bond donors (Lipinski definition) is 1. The van der Waals surface area contributed by atoms with Crippen LogP contribution in [0.5, 0.6) is 0 Å². The molecule has 0 bridgehead atoms. The molecule has 0 aliphatic heterocycles. The van der Waals surface area contributed by atoms with E-state index in [1.54, 1.807) is 6.92 Å². The van der Waals surface area contributed by atoms with Crippen LogP contribution in [0.25, 0.3) is 0 Å². The Morgan fingerprint density at radius 2 is 1.88 bits per heavy atom. The van der Waals surface area contributed by atoms with Crippen LogP contribution in [0.15, 0.2) is 0 Å². The second-order valence-corrected chi connectivity index (χ2v) is 5.48. The minimum absolute atomic E-state index is 0.266. The lowest BCUT2D eigenvalue weighted by atomic mass is 10.1. The molecule has 4 nitrogen and oxygen atoms in total. The normalized spacial score (nSPS) is 19.1. The highest BCUT2D eigenvalue weighted by Gasteiger charge is 2.25. The summed E-state index contributed by atoms with van der Waals surface area (Å²) in [6.45, 7) is 4.48. The molecular formula is C13H26N2O2. The zero-order chi connectivity index (χ0) is 12.8. The molecule has 1 saturated carbocycles. The first-order valence-electron chi connectivity index (χ1n) is 6.62. The van der Waals surface area contributed by atoms with Gasteiger partial charge in [-0.3, -0.25) is 9.69 Å². The molecule has 17 heavy (non-hydrogen) atoms. The Balaban J connectivity index is 2.48. The first-order chi connectivity index (χ1) is 8.00. The minimum Gasteiger partial charge on any atom is -0.481 e. The largest absolute Gasteiger partial charge is 0.481 e. The van der Waals surface area contributed by atoms with Crippen LogP contribution in [0, 0.1) is 5.92 Å². The van der Waals surface area contributed by atoms with Crippen molar-refractivity contribution in [1.29, 1.82) is 0 Å². The molecule has 0 saturated heterocycles. The predicted molar refractivity (Wildman–Crippen MR) is 69.2 cm³/mol. The van der Waals surface area contributed by atoms with Gasteiger partial charge >= 0.3 is 5.97 Å². The molecule has 0 amide bonds. The van der Waals surface area contributed by atoms with Crippen LogP contribution in [0.2, 0.25) is 0 Å². The third-order valence-corrected chi connectivity index (χ3v) is 3.61. The van der Waals surface area contributed by atoms with Gasteiger partial charge in [0, 0.05) is 25.7 Å². The average Bonchev–Trinajstić information content (AvgIpc) is 2.76. The van der Waals surface area contributed by atoms with Crippen LogP contribution < -0.4 is 0 Å². The summed E-state index contributed by atoms with van der Waals surface area (Å²) in [4.78, 5) is 15.5. The van der Waals surface area contributed by atoms with Crippen molar-refractivity contribution in [1.82, 2.24) is 9.80 Å². The van der Waals surface area contributed by atoms with E-state index < -0.39 is 5.97 Å². The molecule has 1 N–H and O–H groups in total. The maximum absolute atomic E-state index is 11.0. The number of hydrogen-bond acceptors (Lipinski definition) is 3. The Labute approximate surface area is 105 Å². The molecule has 1 aliphatic rings. The molecule has 100 valence electrons. The third-order valence-electron chi connectivity index (χ3n) is 3.61. The van der Waals surface area contributed by atoms with Crippen molar-refractivity contribution >= 4 is 5.97 Å². The van der Waals surface area contributed by atoms with Crippen LogP contribution in [-0.4, -0.2) is 60.6 Å². The first-order valence-corrected chi connectivity index (χ1v) is 6.62. The topological polar surface area (TPSA) is 43.8 Å². The van der Waals surface area contributed by atoms with E-state index in [9.17, 15) is 4.79 Å². The molecule has 0 aromatic heterocycles. The second-order valence-electron chi connectivity index (χ2n) is 5.48. The van der Waals surface area contributed by atoms with E-state index in [0.717, 1.165) is 13.1 Å². The van der Waals surface area contributed by atoms with Gasteiger partial charge in [-0.2, -0.15) is 0 Å². The van der Waals surface area contributed by atoms with E-state index in [0.29, 0.717) is 12.6 Å². The number of nitrogens with zero attached hydrogens (tertiary/aromatic N) is 2. The summed E-state index contributed by atoms with van der Waals surface area (Å²) in [6, 6.07) is 0.608. The summed E-state index contributed by atoms with van der Waals surface area (Å²) in [7, 11) is 4.13. The average molecular weight is 242 g/mol. The van der Waals surface area contributed by atoms with Gasteiger partial charge in [-0.25, -0.2) is 0 Å². The third kappa shape index (κ3) is 5.04. The van der Waals surface area contributed by atoms with Crippen molar-refractivity contribution < 1.29 is 9.90 Å². The van der Waals surface area contributed by atoms with E-state index >= 15 is 0 Å². The van der Waals surface area contributed by atoms with Crippen molar-refractivity contribution in [2.45, 2.75) is 38.6 Å². The van der Waals surface area contributed by atoms with Gasteiger partial charge in [-0.1, -0.05) is 19.8 Å². The van der Waals surface area contributed by atoms with E-state index in [1.807, 2.05) is 0 Å². The predicted octanol–water partition coefficient (Wildman–Crippen LogP) is 1.51. The van der Waals surface area contributed by atoms with Gasteiger partial charge in [0.15, 0.2) is 0 Å². The van der Waals surface area contributed by atoms with Crippen LogP contribution in [-0.2, 0) is 4.79 Å². The van der Waals surface area contributed by atoms with Crippen molar-refractivity contribution in [3.05, 3.63) is 0 Å².